The van der Waals surface area contributed by atoms with E-state index in [2.05, 4.69) is 10.3 Å². The fourth-order valence-electron chi connectivity index (χ4n) is 1.14. The molecule has 0 aliphatic rings. The second-order valence-corrected chi connectivity index (χ2v) is 4.76. The first-order valence-electron chi connectivity index (χ1n) is 5.15. The zero-order valence-electron chi connectivity index (χ0n) is 10.1. The van der Waals surface area contributed by atoms with Crippen LogP contribution in [0.15, 0.2) is 17.2 Å². The molecule has 0 bridgehead atoms. The van der Waals surface area contributed by atoms with Gasteiger partial charge in [0, 0.05) is 25.4 Å². The molecule has 1 aromatic heterocycles. The maximum Gasteiger partial charge on any atom is 0.301 e. The van der Waals surface area contributed by atoms with Crippen LogP contribution < -0.4 is 5.32 Å². The number of nitro groups is 1. The lowest BCUT2D eigenvalue weighted by Crippen LogP contribution is -2.15. The number of rotatable bonds is 6. The fourth-order valence-corrected chi connectivity index (χ4v) is 2.25. The lowest BCUT2D eigenvalue weighted by atomic mass is 10.4. The first-order chi connectivity index (χ1) is 8.04. The van der Waals surface area contributed by atoms with E-state index in [0.717, 1.165) is 12.3 Å². The van der Waals surface area contributed by atoms with Crippen LogP contribution in [0.1, 0.15) is 0 Å². The van der Waals surface area contributed by atoms with Crippen LogP contribution in [-0.2, 0) is 0 Å². The maximum absolute atomic E-state index is 10.8. The summed E-state index contributed by atoms with van der Waals surface area (Å²) in [4.78, 5) is 16.7. The van der Waals surface area contributed by atoms with Crippen LogP contribution in [0.4, 0.5) is 11.5 Å². The Morgan fingerprint density at radius 2 is 2.24 bits per heavy atom. The van der Waals surface area contributed by atoms with Gasteiger partial charge in [-0.1, -0.05) is 11.8 Å². The normalized spacial score (nSPS) is 10.6. The van der Waals surface area contributed by atoms with Crippen LogP contribution in [0.3, 0.4) is 0 Å². The summed E-state index contributed by atoms with van der Waals surface area (Å²) in [6, 6.07) is 3.09. The largest absolute Gasteiger partial charge is 0.373 e. The number of aromatic nitrogens is 1. The lowest BCUT2D eigenvalue weighted by molar-refractivity contribution is -0.388. The Hall–Kier alpha value is -1.34. The van der Waals surface area contributed by atoms with E-state index in [1.807, 2.05) is 19.0 Å². The fraction of sp³-hybridized carbons (Fsp3) is 0.500. The highest BCUT2D eigenvalue weighted by molar-refractivity contribution is 7.99. The molecule has 1 heterocycles. The molecule has 1 rings (SSSR count). The van der Waals surface area contributed by atoms with Gasteiger partial charge < -0.3 is 10.2 Å². The summed E-state index contributed by atoms with van der Waals surface area (Å²) in [6.07, 6.45) is 0. The van der Waals surface area contributed by atoms with Gasteiger partial charge >= 0.3 is 5.69 Å². The predicted octanol–water partition coefficient (Wildman–Crippen LogP) is 1.69. The highest BCUT2D eigenvalue weighted by Crippen LogP contribution is 2.28. The molecule has 0 saturated carbocycles. The van der Waals surface area contributed by atoms with Crippen molar-refractivity contribution < 1.29 is 4.92 Å². The molecule has 0 aliphatic heterocycles. The van der Waals surface area contributed by atoms with E-state index in [-0.39, 0.29) is 5.69 Å². The van der Waals surface area contributed by atoms with Crippen LogP contribution in [-0.4, -0.2) is 48.2 Å². The van der Waals surface area contributed by atoms with Crippen molar-refractivity contribution in [1.29, 1.82) is 0 Å². The number of pyridine rings is 1. The maximum atomic E-state index is 10.8. The monoisotopic (exact) mass is 256 g/mol. The number of thioether (sulfide) groups is 1. The molecule has 17 heavy (non-hydrogen) atoms. The van der Waals surface area contributed by atoms with E-state index in [1.165, 1.54) is 17.8 Å². The predicted molar refractivity (Wildman–Crippen MR) is 69.7 cm³/mol. The van der Waals surface area contributed by atoms with Crippen LogP contribution in [0.5, 0.6) is 0 Å². The summed E-state index contributed by atoms with van der Waals surface area (Å²) in [7, 11) is 5.67. The van der Waals surface area contributed by atoms with Gasteiger partial charge in [-0.05, 0) is 20.2 Å². The highest BCUT2D eigenvalue weighted by atomic mass is 32.2. The molecular weight excluding hydrogens is 240 g/mol. The molecule has 1 aromatic rings. The van der Waals surface area contributed by atoms with E-state index in [1.54, 1.807) is 13.1 Å². The van der Waals surface area contributed by atoms with E-state index in [0.29, 0.717) is 10.8 Å². The average Bonchev–Trinajstić information content (AvgIpc) is 2.28. The molecule has 0 spiro atoms. The van der Waals surface area contributed by atoms with Gasteiger partial charge in [0.25, 0.3) is 0 Å². The zero-order valence-corrected chi connectivity index (χ0v) is 11.0. The molecule has 94 valence electrons. The molecule has 0 amide bonds. The Morgan fingerprint density at radius 1 is 1.53 bits per heavy atom. The van der Waals surface area contributed by atoms with Crippen molar-refractivity contribution in [2.75, 3.05) is 38.8 Å². The highest BCUT2D eigenvalue weighted by Gasteiger charge is 2.16. The summed E-state index contributed by atoms with van der Waals surface area (Å²) in [6.45, 7) is 0.854. The van der Waals surface area contributed by atoms with Gasteiger partial charge in [0.05, 0.1) is 4.92 Å². The summed E-state index contributed by atoms with van der Waals surface area (Å²) in [5, 5.41) is 14.2. The van der Waals surface area contributed by atoms with E-state index in [9.17, 15) is 10.1 Å². The number of hydrogen-bond acceptors (Lipinski definition) is 6. The van der Waals surface area contributed by atoms with E-state index in [4.69, 9.17) is 0 Å². The topological polar surface area (TPSA) is 71.3 Å². The van der Waals surface area contributed by atoms with Gasteiger partial charge in [0.15, 0.2) is 5.03 Å². The third-order valence-electron chi connectivity index (χ3n) is 2.07. The summed E-state index contributed by atoms with van der Waals surface area (Å²) < 4.78 is 0. The van der Waals surface area contributed by atoms with E-state index >= 15 is 0 Å². The van der Waals surface area contributed by atoms with Crippen molar-refractivity contribution in [2.45, 2.75) is 5.03 Å². The third-order valence-corrected chi connectivity index (χ3v) is 3.03. The average molecular weight is 256 g/mol. The Bertz CT molecular complexity index is 398. The summed E-state index contributed by atoms with van der Waals surface area (Å²) >= 11 is 1.40. The number of hydrogen-bond donors (Lipinski definition) is 1. The van der Waals surface area contributed by atoms with Crippen LogP contribution in [0.2, 0.25) is 0 Å². The smallest absolute Gasteiger partial charge is 0.301 e. The van der Waals surface area contributed by atoms with Crippen molar-refractivity contribution in [3.63, 3.8) is 0 Å². The lowest BCUT2D eigenvalue weighted by Gasteiger charge is -2.09. The minimum absolute atomic E-state index is 0.0627. The Balaban J connectivity index is 2.82. The molecule has 0 radical (unpaired) electrons. The molecule has 0 atom stereocenters. The first-order valence-corrected chi connectivity index (χ1v) is 6.14. The molecule has 7 heteroatoms. The van der Waals surface area contributed by atoms with Crippen molar-refractivity contribution in [3.05, 3.63) is 22.2 Å². The van der Waals surface area contributed by atoms with Crippen molar-refractivity contribution in [1.82, 2.24) is 9.88 Å². The van der Waals surface area contributed by atoms with Gasteiger partial charge in [-0.3, -0.25) is 10.1 Å². The summed E-state index contributed by atoms with van der Waals surface area (Å²) in [5.74, 6) is 1.41. The second-order valence-electron chi connectivity index (χ2n) is 3.68. The molecule has 0 aromatic carbocycles. The third kappa shape index (κ3) is 4.20. The van der Waals surface area contributed by atoms with Crippen LogP contribution in [0, 0.1) is 10.1 Å². The van der Waals surface area contributed by atoms with Gasteiger partial charge in [0.2, 0.25) is 0 Å². The van der Waals surface area contributed by atoms with E-state index < -0.39 is 4.92 Å². The Morgan fingerprint density at radius 3 is 2.76 bits per heavy atom. The molecule has 6 nitrogen and oxygen atoms in total. The molecule has 0 aliphatic carbocycles. The number of nitrogens with zero attached hydrogens (tertiary/aromatic N) is 3. The molecular formula is C10H16N4O2S. The second kappa shape index (κ2) is 6.41. The standard InChI is InChI=1S/C10H16N4O2S/c1-11-9-5-4-8(14(15)16)10(12-9)17-7-6-13(2)3/h4-5H,6-7H2,1-3H3,(H,11,12). The van der Waals surface area contributed by atoms with Gasteiger partial charge in [0.1, 0.15) is 5.82 Å². The van der Waals surface area contributed by atoms with Gasteiger partial charge in [-0.2, -0.15) is 0 Å². The van der Waals surface area contributed by atoms with Crippen molar-refractivity contribution in [2.24, 2.45) is 0 Å². The minimum Gasteiger partial charge on any atom is -0.373 e. The van der Waals surface area contributed by atoms with Gasteiger partial charge in [-0.25, -0.2) is 4.98 Å². The van der Waals surface area contributed by atoms with Gasteiger partial charge in [-0.15, -0.1) is 0 Å². The Kier molecular flexibility index (Phi) is 5.17. The minimum atomic E-state index is -0.398. The molecule has 0 fully saturated rings. The Labute approximate surface area is 105 Å². The van der Waals surface area contributed by atoms with Crippen molar-refractivity contribution >= 4 is 23.3 Å². The number of nitrogens with one attached hydrogen (secondary N) is 1. The number of anilines is 1. The molecule has 0 unspecified atom stereocenters. The van der Waals surface area contributed by atoms with Crippen LogP contribution >= 0.6 is 11.8 Å². The molecule has 1 N–H and O–H groups in total. The van der Waals surface area contributed by atoms with Crippen molar-refractivity contribution in [3.8, 4) is 0 Å². The summed E-state index contributed by atoms with van der Waals surface area (Å²) in [5.41, 5.74) is 0.0627. The SMILES string of the molecule is CNc1ccc([N+](=O)[O-])c(SCCN(C)C)n1. The molecule has 0 saturated heterocycles. The van der Waals surface area contributed by atoms with Crippen LogP contribution in [0.25, 0.3) is 0 Å². The first kappa shape index (κ1) is 13.7. The quantitative estimate of drug-likeness (QED) is 0.474. The zero-order chi connectivity index (χ0) is 12.8.